The zero-order valence-corrected chi connectivity index (χ0v) is 14.9. The van der Waals surface area contributed by atoms with E-state index in [-0.39, 0.29) is 5.70 Å². The average Bonchev–Trinajstić information content (AvgIpc) is 2.99. The number of amides is 1. The minimum Gasteiger partial charge on any atom is -0.477 e. The molecule has 1 aliphatic carbocycles. The van der Waals surface area contributed by atoms with Gasteiger partial charge in [-0.15, -0.1) is 23.2 Å². The first-order chi connectivity index (χ1) is 10.0. The van der Waals surface area contributed by atoms with Crippen LogP contribution in [0.2, 0.25) is 0 Å². The van der Waals surface area contributed by atoms with Crippen molar-refractivity contribution in [2.75, 3.05) is 27.7 Å². The molecule has 0 aliphatic heterocycles. The smallest absolute Gasteiger partial charge is 0.352 e. The Labute approximate surface area is 141 Å². The summed E-state index contributed by atoms with van der Waals surface area (Å²) in [5, 5.41) is 11.5. The van der Waals surface area contributed by atoms with Crippen LogP contribution in [0.5, 0.6) is 0 Å². The molecule has 2 N–H and O–H groups in total. The first-order valence-electron chi connectivity index (χ1n) is 7.45. The van der Waals surface area contributed by atoms with Gasteiger partial charge in [0.15, 0.2) is 0 Å². The van der Waals surface area contributed by atoms with Crippen molar-refractivity contribution in [1.82, 2.24) is 5.32 Å². The Balaban J connectivity index is 2.34. The Morgan fingerprint density at radius 1 is 1.27 bits per heavy atom. The highest BCUT2D eigenvalue weighted by atomic mass is 35.5. The molecule has 5 nitrogen and oxygen atoms in total. The molecule has 1 atom stereocenters. The zero-order chi connectivity index (χ0) is 17.0. The van der Waals surface area contributed by atoms with E-state index >= 15 is 0 Å². The molecular weight excluding hydrogens is 327 g/mol. The Morgan fingerprint density at radius 3 is 2.32 bits per heavy atom. The highest BCUT2D eigenvalue weighted by Crippen LogP contribution is 2.53. The lowest BCUT2D eigenvalue weighted by atomic mass is 10.1. The molecule has 0 aromatic rings. The highest BCUT2D eigenvalue weighted by Gasteiger charge is 2.56. The maximum absolute atomic E-state index is 11.8. The number of allylic oxidation sites excluding steroid dienone is 1. The molecule has 1 rings (SSSR count). The van der Waals surface area contributed by atoms with E-state index in [1.54, 1.807) is 6.08 Å². The average molecular weight is 352 g/mol. The van der Waals surface area contributed by atoms with Crippen molar-refractivity contribution >= 4 is 35.1 Å². The Morgan fingerprint density at radius 2 is 1.86 bits per heavy atom. The van der Waals surface area contributed by atoms with Gasteiger partial charge in [0.2, 0.25) is 5.91 Å². The van der Waals surface area contributed by atoms with Gasteiger partial charge >= 0.3 is 5.97 Å². The highest BCUT2D eigenvalue weighted by molar-refractivity contribution is 6.52. The standard InChI is InChI=1S/C15H24Cl2N2O3/c1-19(2,3)9-7-5-4-6-8-12(14(21)22)18-13(20)11-10-15(11,16)17/h8,11H,4-7,9-10H2,1-3H3,(H-,18,20,21,22)/p+1/b12-8-. The molecule has 1 unspecified atom stereocenters. The van der Waals surface area contributed by atoms with E-state index in [0.717, 1.165) is 30.3 Å². The van der Waals surface area contributed by atoms with Crippen LogP contribution >= 0.6 is 23.2 Å². The molecule has 0 heterocycles. The third-order valence-electron chi connectivity index (χ3n) is 3.51. The summed E-state index contributed by atoms with van der Waals surface area (Å²) < 4.78 is -0.120. The van der Waals surface area contributed by atoms with E-state index < -0.39 is 22.1 Å². The van der Waals surface area contributed by atoms with Crippen molar-refractivity contribution < 1.29 is 19.2 Å². The van der Waals surface area contributed by atoms with Crippen LogP contribution in [0.3, 0.4) is 0 Å². The fraction of sp³-hybridized carbons (Fsp3) is 0.733. The van der Waals surface area contributed by atoms with E-state index in [1.165, 1.54) is 0 Å². The molecule has 0 radical (unpaired) electrons. The number of aliphatic carboxylic acids is 1. The maximum Gasteiger partial charge on any atom is 0.352 e. The van der Waals surface area contributed by atoms with Gasteiger partial charge < -0.3 is 14.9 Å². The second-order valence-electron chi connectivity index (χ2n) is 6.79. The quantitative estimate of drug-likeness (QED) is 0.290. The van der Waals surface area contributed by atoms with Gasteiger partial charge in [0.1, 0.15) is 10.0 Å². The number of carboxylic acids is 1. The van der Waals surface area contributed by atoms with Gasteiger partial charge in [0.05, 0.1) is 33.6 Å². The summed E-state index contributed by atoms with van der Waals surface area (Å²) in [6, 6.07) is 0. The summed E-state index contributed by atoms with van der Waals surface area (Å²) in [6.07, 6.45) is 5.55. The van der Waals surface area contributed by atoms with Crippen molar-refractivity contribution in [3.63, 3.8) is 0 Å². The summed E-state index contributed by atoms with van der Waals surface area (Å²) >= 11 is 11.6. The van der Waals surface area contributed by atoms with E-state index in [1.807, 2.05) is 0 Å². The Hall–Kier alpha value is -0.780. The molecule has 1 saturated carbocycles. The van der Waals surface area contributed by atoms with E-state index in [9.17, 15) is 9.59 Å². The molecule has 0 spiro atoms. The number of hydrogen-bond donors (Lipinski definition) is 2. The Kier molecular flexibility index (Phi) is 6.71. The van der Waals surface area contributed by atoms with Crippen LogP contribution in [-0.4, -0.2) is 53.5 Å². The summed E-state index contributed by atoms with van der Waals surface area (Å²) in [4.78, 5) is 22.9. The fourth-order valence-electron chi connectivity index (χ4n) is 2.06. The topological polar surface area (TPSA) is 66.4 Å². The number of carbonyl (C=O) groups excluding carboxylic acids is 1. The van der Waals surface area contributed by atoms with Gasteiger partial charge in [-0.3, -0.25) is 4.79 Å². The lowest BCUT2D eigenvalue weighted by molar-refractivity contribution is -0.870. The number of nitrogens with one attached hydrogen (secondary N) is 1. The molecular formula is C15H25Cl2N2O3+. The first kappa shape index (κ1) is 19.3. The van der Waals surface area contributed by atoms with Crippen molar-refractivity contribution in [3.8, 4) is 0 Å². The van der Waals surface area contributed by atoms with Gasteiger partial charge in [-0.25, -0.2) is 4.79 Å². The number of carboxylic acid groups (broad SMARTS) is 1. The molecule has 0 aromatic heterocycles. The summed E-state index contributed by atoms with van der Waals surface area (Å²) in [5.74, 6) is -2.10. The van der Waals surface area contributed by atoms with Crippen LogP contribution in [-0.2, 0) is 9.59 Å². The molecule has 7 heteroatoms. The summed E-state index contributed by atoms with van der Waals surface area (Å²) in [6.45, 7) is 1.08. The second kappa shape index (κ2) is 7.66. The van der Waals surface area contributed by atoms with Crippen molar-refractivity contribution in [2.45, 2.75) is 36.4 Å². The third kappa shape index (κ3) is 6.99. The Bertz CT molecular complexity index is 456. The van der Waals surface area contributed by atoms with Crippen LogP contribution < -0.4 is 5.32 Å². The van der Waals surface area contributed by atoms with Crippen molar-refractivity contribution in [3.05, 3.63) is 11.8 Å². The van der Waals surface area contributed by atoms with E-state index in [2.05, 4.69) is 26.5 Å². The number of alkyl halides is 2. The van der Waals surface area contributed by atoms with Crippen LogP contribution in [0, 0.1) is 5.92 Å². The number of hydrogen-bond acceptors (Lipinski definition) is 2. The van der Waals surface area contributed by atoms with Crippen LogP contribution in [0.15, 0.2) is 11.8 Å². The summed E-state index contributed by atoms with van der Waals surface area (Å²) in [5.41, 5.74) is -0.0902. The number of nitrogens with zero attached hydrogens (tertiary/aromatic N) is 1. The van der Waals surface area contributed by atoms with Crippen LogP contribution in [0.4, 0.5) is 0 Å². The summed E-state index contributed by atoms with van der Waals surface area (Å²) in [7, 11) is 6.43. The largest absolute Gasteiger partial charge is 0.477 e. The van der Waals surface area contributed by atoms with E-state index in [4.69, 9.17) is 28.3 Å². The van der Waals surface area contributed by atoms with Gasteiger partial charge in [-0.1, -0.05) is 6.08 Å². The van der Waals surface area contributed by atoms with Crippen LogP contribution in [0.1, 0.15) is 32.1 Å². The minimum atomic E-state index is -1.14. The van der Waals surface area contributed by atoms with Gasteiger partial charge in [-0.05, 0) is 32.1 Å². The lowest BCUT2D eigenvalue weighted by Crippen LogP contribution is -2.35. The molecule has 1 aliphatic rings. The SMILES string of the molecule is C[N+](C)(C)CCCCC/C=C(\NC(=O)C1CC1(Cl)Cl)C(=O)O. The first-order valence-corrected chi connectivity index (χ1v) is 8.21. The lowest BCUT2D eigenvalue weighted by Gasteiger charge is -2.23. The van der Waals surface area contributed by atoms with Crippen LogP contribution in [0.25, 0.3) is 0 Å². The number of unbranched alkanes of at least 4 members (excludes halogenated alkanes) is 3. The van der Waals surface area contributed by atoms with E-state index in [0.29, 0.717) is 12.8 Å². The van der Waals surface area contributed by atoms with Crippen molar-refractivity contribution in [2.24, 2.45) is 5.92 Å². The van der Waals surface area contributed by atoms with Gasteiger partial charge in [0, 0.05) is 0 Å². The normalized spacial score (nSPS) is 20.6. The molecule has 22 heavy (non-hydrogen) atoms. The number of halogens is 2. The zero-order valence-electron chi connectivity index (χ0n) is 13.4. The predicted molar refractivity (Wildman–Crippen MR) is 87.8 cm³/mol. The molecule has 0 bridgehead atoms. The van der Waals surface area contributed by atoms with Gasteiger partial charge in [0.25, 0.3) is 0 Å². The molecule has 1 amide bonds. The molecule has 1 fully saturated rings. The molecule has 126 valence electrons. The monoisotopic (exact) mass is 351 g/mol. The predicted octanol–water partition coefficient (Wildman–Crippen LogP) is 2.53. The minimum absolute atomic E-state index is 0.0902. The van der Waals surface area contributed by atoms with Gasteiger partial charge in [-0.2, -0.15) is 0 Å². The van der Waals surface area contributed by atoms with Crippen molar-refractivity contribution in [1.29, 1.82) is 0 Å². The second-order valence-corrected chi connectivity index (χ2v) is 8.34. The maximum atomic E-state index is 11.8. The fourth-order valence-corrected chi connectivity index (χ4v) is 2.57. The number of carbonyl (C=O) groups is 2. The number of quaternary nitrogens is 1. The third-order valence-corrected chi connectivity index (χ3v) is 4.35. The number of rotatable bonds is 9. The molecule has 0 aromatic carbocycles. The molecule has 0 saturated heterocycles.